The Morgan fingerprint density at radius 2 is 1.61 bits per heavy atom. The van der Waals surface area contributed by atoms with Crippen molar-refractivity contribution in [2.75, 3.05) is 55.7 Å². The smallest absolute Gasteiger partial charge is 0.427 e. The van der Waals surface area contributed by atoms with Crippen LogP contribution in [0.25, 0.3) is 0 Å². The lowest BCUT2D eigenvalue weighted by molar-refractivity contribution is -0.114. The van der Waals surface area contributed by atoms with Gasteiger partial charge in [-0.25, -0.2) is 28.6 Å². The number of cyclic esters (lactones) is 1. The number of nitrogens with zero attached hydrogens (tertiary/aromatic N) is 8. The number of imide groups is 1. The van der Waals surface area contributed by atoms with Crippen LogP contribution >= 0.6 is 23.2 Å². The number of pyridine rings is 1. The van der Waals surface area contributed by atoms with Gasteiger partial charge in [0.1, 0.15) is 11.6 Å². The third-order valence-electron chi connectivity index (χ3n) is 8.63. The van der Waals surface area contributed by atoms with E-state index in [2.05, 4.69) is 45.9 Å². The Labute approximate surface area is 390 Å². The molecule has 0 unspecified atom stereocenters. The molecule has 66 heavy (non-hydrogen) atoms. The summed E-state index contributed by atoms with van der Waals surface area (Å²) >= 11 is 11.8. The van der Waals surface area contributed by atoms with E-state index in [1.165, 1.54) is 63.7 Å². The lowest BCUT2D eigenvalue weighted by atomic mass is 10.2. The molecule has 3 aromatic heterocycles. The fourth-order valence-corrected chi connectivity index (χ4v) is 7.13. The van der Waals surface area contributed by atoms with Crippen LogP contribution in [0, 0.1) is 5.82 Å². The van der Waals surface area contributed by atoms with Crippen LogP contribution in [0.15, 0.2) is 52.9 Å². The Morgan fingerprint density at radius 1 is 0.970 bits per heavy atom. The van der Waals surface area contributed by atoms with E-state index in [9.17, 15) is 32.0 Å². The first-order chi connectivity index (χ1) is 31.2. The maximum Gasteiger partial charge on any atom is 0.427 e. The molecular weight excluding hydrogens is 930 g/mol. The van der Waals surface area contributed by atoms with Gasteiger partial charge in [-0.3, -0.25) is 14.9 Å². The molecule has 5 amide bonds. The molecule has 6 rings (SSSR count). The Balaban J connectivity index is 0.000000228. The minimum Gasteiger partial charge on any atom is -0.489 e. The van der Waals surface area contributed by atoms with Crippen LogP contribution in [0.1, 0.15) is 70.7 Å². The second-order valence-electron chi connectivity index (χ2n) is 14.6. The highest BCUT2D eigenvalue weighted by atomic mass is 35.5. The van der Waals surface area contributed by atoms with E-state index in [1.54, 1.807) is 18.6 Å². The number of allylic oxidation sites excluding steroid dienone is 1. The van der Waals surface area contributed by atoms with Crippen molar-refractivity contribution in [2.24, 2.45) is 0 Å². The van der Waals surface area contributed by atoms with Crippen LogP contribution in [0.2, 0.25) is 10.3 Å². The number of amides is 5. The monoisotopic (exact) mass is 978 g/mol. The van der Waals surface area contributed by atoms with Crippen molar-refractivity contribution in [1.29, 1.82) is 0 Å². The highest BCUT2D eigenvalue weighted by Gasteiger charge is 2.40. The summed E-state index contributed by atoms with van der Waals surface area (Å²) in [7, 11) is 1.15. The quantitative estimate of drug-likeness (QED) is 0.105. The number of aromatic nitrogens is 6. The molecule has 0 bridgehead atoms. The second kappa shape index (κ2) is 23.5. The van der Waals surface area contributed by atoms with E-state index in [1.807, 2.05) is 20.8 Å². The minimum atomic E-state index is -4.46. The number of anilines is 4. The molecule has 1 aliphatic carbocycles. The van der Waals surface area contributed by atoms with Crippen molar-refractivity contribution in [3.05, 3.63) is 69.5 Å². The summed E-state index contributed by atoms with van der Waals surface area (Å²) in [6, 6.07) is 5.49. The van der Waals surface area contributed by atoms with Crippen LogP contribution in [0.4, 0.5) is 37.5 Å². The fourth-order valence-electron chi connectivity index (χ4n) is 5.74. The van der Waals surface area contributed by atoms with Crippen molar-refractivity contribution in [1.82, 2.24) is 39.5 Å². The summed E-state index contributed by atoms with van der Waals surface area (Å²) in [5.41, 5.74) is 0.124. The van der Waals surface area contributed by atoms with Gasteiger partial charge in [0, 0.05) is 38.9 Å². The first-order valence-corrected chi connectivity index (χ1v) is 22.2. The predicted molar refractivity (Wildman–Crippen MR) is 241 cm³/mol. The Hall–Kier alpha value is -6.66. The third-order valence-corrected chi connectivity index (χ3v) is 10.4. The number of sulfonamides is 1. The zero-order chi connectivity index (χ0) is 48.9. The first-order valence-electron chi connectivity index (χ1n) is 20.0. The van der Waals surface area contributed by atoms with Gasteiger partial charge in [0.15, 0.2) is 10.8 Å². The molecule has 0 spiro atoms. The number of hydrogen-bond acceptors (Lipinski definition) is 18. The lowest BCUT2D eigenvalue weighted by Gasteiger charge is -2.18. The SMILES string of the molecule is CC(C)=C1OC(=O)N(c2cc(OC3CCCC3)c(Cl)cc2F)C1=O.CCNc1nc(Cl)nc(NC(C)C)n1.COc1cc(OC)nc(NC(=O)NS(=O)(=O)c2ncccc2C(=O)N(C)C)n1. The molecule has 2 fully saturated rings. The zero-order valence-corrected chi connectivity index (χ0v) is 39.7. The molecule has 1 saturated carbocycles. The van der Waals surface area contributed by atoms with Gasteiger partial charge in [-0.2, -0.15) is 33.3 Å². The molecule has 4 N–H and O–H groups in total. The number of ether oxygens (including phenoxy) is 4. The van der Waals surface area contributed by atoms with Crippen LogP contribution < -0.4 is 39.8 Å². The van der Waals surface area contributed by atoms with Crippen LogP contribution in [-0.2, 0) is 19.6 Å². The van der Waals surface area contributed by atoms with Crippen LogP contribution in [0.5, 0.6) is 17.5 Å². The highest BCUT2D eigenvalue weighted by Crippen LogP contribution is 2.37. The van der Waals surface area contributed by atoms with Gasteiger partial charge < -0.3 is 34.5 Å². The molecule has 26 heteroatoms. The maximum absolute atomic E-state index is 14.3. The number of halogens is 3. The van der Waals surface area contributed by atoms with Crippen molar-refractivity contribution in [3.8, 4) is 17.5 Å². The maximum atomic E-state index is 14.3. The fraction of sp³-hybridized carbons (Fsp3) is 0.400. The van der Waals surface area contributed by atoms with E-state index in [0.29, 0.717) is 22.4 Å². The molecule has 4 heterocycles. The van der Waals surface area contributed by atoms with E-state index in [0.717, 1.165) is 38.3 Å². The van der Waals surface area contributed by atoms with Crippen LogP contribution in [0.3, 0.4) is 0 Å². The summed E-state index contributed by atoms with van der Waals surface area (Å²) in [6.45, 7) is 10.00. The second-order valence-corrected chi connectivity index (χ2v) is 16.9. The molecule has 0 atom stereocenters. The molecule has 1 aliphatic heterocycles. The molecule has 1 aromatic carbocycles. The average Bonchev–Trinajstić information content (AvgIpc) is 3.87. The number of benzene rings is 1. The molecule has 2 aliphatic rings. The van der Waals surface area contributed by atoms with Crippen molar-refractivity contribution in [3.63, 3.8) is 0 Å². The van der Waals surface area contributed by atoms with Crippen molar-refractivity contribution < 1.29 is 50.9 Å². The molecule has 0 radical (unpaired) electrons. The van der Waals surface area contributed by atoms with E-state index >= 15 is 0 Å². The van der Waals surface area contributed by atoms with Gasteiger partial charge in [-0.1, -0.05) is 11.6 Å². The summed E-state index contributed by atoms with van der Waals surface area (Å²) in [4.78, 5) is 73.9. The molecule has 4 aromatic rings. The number of carbonyl (C=O) groups excluding carboxylic acids is 4. The van der Waals surface area contributed by atoms with Crippen molar-refractivity contribution in [2.45, 2.75) is 77.5 Å². The van der Waals surface area contributed by atoms with Gasteiger partial charge in [0.2, 0.25) is 34.9 Å². The number of hydrogen-bond donors (Lipinski definition) is 4. The highest BCUT2D eigenvalue weighted by molar-refractivity contribution is 7.90. The number of nitrogens with one attached hydrogen (secondary N) is 4. The summed E-state index contributed by atoms with van der Waals surface area (Å²) < 4.78 is 61.8. The summed E-state index contributed by atoms with van der Waals surface area (Å²) in [6.07, 6.45) is 4.19. The molecular formula is C40H49Cl2FN12O10S. The molecule has 356 valence electrons. The Bertz CT molecular complexity index is 2540. The largest absolute Gasteiger partial charge is 0.489 e. The first kappa shape index (κ1) is 52.0. The Kier molecular flexibility index (Phi) is 18.5. The molecule has 22 nitrogen and oxygen atoms in total. The van der Waals surface area contributed by atoms with Gasteiger partial charge >= 0.3 is 18.0 Å². The lowest BCUT2D eigenvalue weighted by Crippen LogP contribution is -2.36. The van der Waals surface area contributed by atoms with Gasteiger partial charge in [0.25, 0.3) is 15.9 Å². The van der Waals surface area contributed by atoms with Crippen molar-refractivity contribution >= 4 is 80.7 Å². The van der Waals surface area contributed by atoms with Gasteiger partial charge in [-0.15, -0.1) is 0 Å². The number of carbonyl (C=O) groups is 4. The predicted octanol–water partition coefficient (Wildman–Crippen LogP) is 6.46. The number of urea groups is 1. The normalized spacial score (nSPS) is 13.4. The standard InChI is InChI=1S/C17H17ClFNO4.C15H18N6O6S.C8H14ClN5/c1-9(2)15-16(21)20(17(22)24-15)13-8-14(11(18)7-12(13)19)23-10-5-3-4-6-10;1-21(2)13(22)9-6-5-7-16-12(9)28(24,25)20-15(23)19-14-17-10(26-3)8-11(18-14)27-4;1-4-10-7-12-6(9)13-8(14-7)11-5(2)3/h7-8,10H,3-6H2,1-2H3;5-8H,1-4H3,(H2,17,18,19,20,23);5H,4H2,1-3H3,(H2,10,11,12,13,14). The summed E-state index contributed by atoms with van der Waals surface area (Å²) in [5.74, 6) is -0.996. The zero-order valence-electron chi connectivity index (χ0n) is 37.4. The van der Waals surface area contributed by atoms with E-state index in [-0.39, 0.29) is 62.9 Å². The topological polar surface area (TPSA) is 271 Å². The van der Waals surface area contributed by atoms with Crippen LogP contribution in [-0.4, -0.2) is 114 Å². The van der Waals surface area contributed by atoms with Gasteiger partial charge in [-0.05, 0) is 95.7 Å². The average molecular weight is 980 g/mol. The van der Waals surface area contributed by atoms with Gasteiger partial charge in [0.05, 0.1) is 42.7 Å². The minimum absolute atomic E-state index is 0.00962. The molecule has 1 saturated heterocycles. The number of rotatable bonds is 13. The third kappa shape index (κ3) is 14.2. The number of methoxy groups -OCH3 is 2. The summed E-state index contributed by atoms with van der Waals surface area (Å²) in [5, 5.41) is 7.89. The Morgan fingerprint density at radius 3 is 2.17 bits per heavy atom. The van der Waals surface area contributed by atoms with E-state index in [4.69, 9.17) is 42.1 Å². The van der Waals surface area contributed by atoms with E-state index < -0.39 is 44.8 Å².